The van der Waals surface area contributed by atoms with Crippen molar-refractivity contribution >= 4 is 28.2 Å². The molecule has 1 aromatic carbocycles. The van der Waals surface area contributed by atoms with Crippen molar-refractivity contribution < 1.29 is 19.1 Å². The number of benzene rings is 1. The molecular weight excluding hydrogens is 394 g/mol. The Morgan fingerprint density at radius 3 is 2.65 bits per heavy atom. The molecular formula is C24H23N3O4. The smallest absolute Gasteiger partial charge is 0.254 e. The number of nitrogens with zero attached hydrogens (tertiary/aromatic N) is 2. The minimum absolute atomic E-state index is 0.0106. The number of fused-ring (bicyclic) bond motifs is 8. The number of hydrogen-bond acceptors (Lipinski definition) is 5. The highest BCUT2D eigenvalue weighted by molar-refractivity contribution is 6.16. The zero-order valence-corrected chi connectivity index (χ0v) is 17.9. The third-order valence-corrected chi connectivity index (χ3v) is 7.09. The van der Waals surface area contributed by atoms with Crippen molar-refractivity contribution in [1.29, 1.82) is 0 Å². The van der Waals surface area contributed by atoms with Crippen LogP contribution in [0.5, 0.6) is 5.75 Å². The lowest BCUT2D eigenvalue weighted by Gasteiger charge is -2.25. The third kappa shape index (κ3) is 2.21. The third-order valence-electron chi connectivity index (χ3n) is 7.09. The van der Waals surface area contributed by atoms with Crippen molar-refractivity contribution in [2.24, 2.45) is 7.05 Å². The summed E-state index contributed by atoms with van der Waals surface area (Å²) < 4.78 is 13.1. The fourth-order valence-electron chi connectivity index (χ4n) is 5.69. The van der Waals surface area contributed by atoms with Crippen LogP contribution in [0.1, 0.15) is 23.7 Å². The first-order valence-corrected chi connectivity index (χ1v) is 10.4. The lowest BCUT2D eigenvalue weighted by atomic mass is 9.80. The fourth-order valence-corrected chi connectivity index (χ4v) is 5.69. The van der Waals surface area contributed by atoms with Gasteiger partial charge in [0.1, 0.15) is 11.5 Å². The molecule has 0 radical (unpaired) electrons. The number of carbonyl (C=O) groups excluding carboxylic acids is 2. The zero-order valence-electron chi connectivity index (χ0n) is 17.9. The Morgan fingerprint density at radius 1 is 1.10 bits per heavy atom. The van der Waals surface area contributed by atoms with Crippen LogP contribution in [0.3, 0.4) is 0 Å². The van der Waals surface area contributed by atoms with E-state index in [1.165, 1.54) is 0 Å². The van der Waals surface area contributed by atoms with Crippen LogP contribution < -0.4 is 10.1 Å². The van der Waals surface area contributed by atoms with Crippen molar-refractivity contribution in [3.05, 3.63) is 58.0 Å². The van der Waals surface area contributed by atoms with Crippen LogP contribution >= 0.6 is 0 Å². The Bertz CT molecular complexity index is 1310. The van der Waals surface area contributed by atoms with E-state index in [1.807, 2.05) is 26.2 Å². The number of nitrogens with one attached hydrogen (secondary N) is 1. The van der Waals surface area contributed by atoms with Crippen molar-refractivity contribution in [1.82, 2.24) is 14.8 Å². The largest absolute Gasteiger partial charge is 0.501 e. The number of aromatic nitrogens is 1. The van der Waals surface area contributed by atoms with Gasteiger partial charge in [-0.3, -0.25) is 14.9 Å². The molecule has 0 saturated carbocycles. The number of ether oxygens (including phenoxy) is 2. The first-order valence-electron chi connectivity index (χ1n) is 10.4. The molecule has 6 rings (SSSR count). The summed E-state index contributed by atoms with van der Waals surface area (Å²) >= 11 is 0. The van der Waals surface area contributed by atoms with Gasteiger partial charge < -0.3 is 18.9 Å². The molecule has 1 amide bonds. The molecule has 4 aliphatic rings. The predicted molar refractivity (Wildman–Crippen MR) is 115 cm³/mol. The van der Waals surface area contributed by atoms with E-state index in [4.69, 9.17) is 9.47 Å². The van der Waals surface area contributed by atoms with Crippen LogP contribution in [0, 0.1) is 0 Å². The number of likely N-dealkylation sites (N-methyl/N-ethyl adjacent to an activating group) is 1. The lowest BCUT2D eigenvalue weighted by molar-refractivity contribution is -0.124. The summed E-state index contributed by atoms with van der Waals surface area (Å²) in [6.45, 7) is 0.548. The standard InChI is InChI=1S/C24H23N3O4/c1-26-10-15-18-13-7-11(30-3)5-6-16(13)27(2)23(18)22-19(20(15)24(26)29)14-8-12(31-4)9-17(28)21(14)25-22/h5-7,9,21-22,25H,8,10H2,1-4H3. The highest BCUT2D eigenvalue weighted by atomic mass is 16.5. The fraction of sp³-hybridized carbons (Fsp3) is 0.333. The molecule has 2 aromatic rings. The van der Waals surface area contributed by atoms with Crippen LogP contribution in [-0.4, -0.2) is 55.0 Å². The highest BCUT2D eigenvalue weighted by Gasteiger charge is 2.50. The van der Waals surface area contributed by atoms with E-state index in [0.29, 0.717) is 18.7 Å². The molecule has 0 saturated heterocycles. The normalized spacial score (nSPS) is 24.4. The molecule has 0 spiro atoms. The van der Waals surface area contributed by atoms with E-state index in [0.717, 1.165) is 50.2 Å². The number of aryl methyl sites for hydroxylation is 1. The van der Waals surface area contributed by atoms with Crippen LogP contribution in [0.15, 0.2) is 46.8 Å². The number of ketones is 1. The van der Waals surface area contributed by atoms with Gasteiger partial charge in [-0.25, -0.2) is 0 Å². The second kappa shape index (κ2) is 6.11. The summed E-state index contributed by atoms with van der Waals surface area (Å²) in [6, 6.07) is 5.40. The molecule has 7 heteroatoms. The highest BCUT2D eigenvalue weighted by Crippen LogP contribution is 2.53. The first kappa shape index (κ1) is 18.4. The maximum absolute atomic E-state index is 13.3. The van der Waals surface area contributed by atoms with Crippen LogP contribution in [0.2, 0.25) is 0 Å². The summed E-state index contributed by atoms with van der Waals surface area (Å²) in [6.07, 6.45) is 2.11. The molecule has 2 atom stereocenters. The Kier molecular flexibility index (Phi) is 3.63. The lowest BCUT2D eigenvalue weighted by Crippen LogP contribution is -2.37. The topological polar surface area (TPSA) is 72.8 Å². The van der Waals surface area contributed by atoms with Gasteiger partial charge in [0, 0.05) is 55.3 Å². The Morgan fingerprint density at radius 2 is 1.90 bits per heavy atom. The van der Waals surface area contributed by atoms with Crippen molar-refractivity contribution in [2.75, 3.05) is 27.8 Å². The molecule has 158 valence electrons. The number of hydrogen-bond donors (Lipinski definition) is 1. The molecule has 0 bridgehead atoms. The molecule has 2 aliphatic heterocycles. The van der Waals surface area contributed by atoms with E-state index < -0.39 is 6.04 Å². The number of rotatable bonds is 2. The van der Waals surface area contributed by atoms with Gasteiger partial charge in [0.15, 0.2) is 5.78 Å². The van der Waals surface area contributed by atoms with Gasteiger partial charge in [0.2, 0.25) is 0 Å². The number of carbonyl (C=O) groups is 2. The molecule has 1 aromatic heterocycles. The maximum Gasteiger partial charge on any atom is 0.254 e. The minimum Gasteiger partial charge on any atom is -0.501 e. The molecule has 3 heterocycles. The predicted octanol–water partition coefficient (Wildman–Crippen LogP) is 2.24. The van der Waals surface area contributed by atoms with Gasteiger partial charge >= 0.3 is 0 Å². The summed E-state index contributed by atoms with van der Waals surface area (Å²) in [5, 5.41) is 4.61. The minimum atomic E-state index is -0.426. The zero-order chi connectivity index (χ0) is 21.6. The van der Waals surface area contributed by atoms with Crippen molar-refractivity contribution in [2.45, 2.75) is 18.5 Å². The summed E-state index contributed by atoms with van der Waals surface area (Å²) in [7, 11) is 7.12. The summed E-state index contributed by atoms with van der Waals surface area (Å²) in [5.41, 5.74) is 6.93. The van der Waals surface area contributed by atoms with E-state index in [9.17, 15) is 9.59 Å². The molecule has 2 aliphatic carbocycles. The molecule has 1 N–H and O–H groups in total. The Hall–Kier alpha value is -3.32. The van der Waals surface area contributed by atoms with Crippen LogP contribution in [0.25, 0.3) is 16.5 Å². The van der Waals surface area contributed by atoms with Crippen LogP contribution in [-0.2, 0) is 21.4 Å². The number of allylic oxidation sites excluding steroid dienone is 1. The average Bonchev–Trinajstić information content (AvgIpc) is 3.38. The van der Waals surface area contributed by atoms with Gasteiger partial charge in [-0.1, -0.05) is 0 Å². The second-order valence-electron chi connectivity index (χ2n) is 8.58. The van der Waals surface area contributed by atoms with Crippen LogP contribution in [0.4, 0.5) is 0 Å². The summed E-state index contributed by atoms with van der Waals surface area (Å²) in [5.74, 6) is 1.40. The molecule has 7 nitrogen and oxygen atoms in total. The number of methoxy groups -OCH3 is 2. The average molecular weight is 417 g/mol. The van der Waals surface area contributed by atoms with Crippen molar-refractivity contribution in [3.8, 4) is 5.75 Å². The van der Waals surface area contributed by atoms with E-state index in [1.54, 1.807) is 25.2 Å². The maximum atomic E-state index is 13.3. The SMILES string of the molecule is COC1=CC(=O)C2NC3C(=C2C1)C1=C(CN(C)C1=O)c1c3n(C)c2ccc(OC)cc12. The Balaban J connectivity index is 1.69. The number of amides is 1. The Labute approximate surface area is 179 Å². The van der Waals surface area contributed by atoms with E-state index >= 15 is 0 Å². The first-order chi connectivity index (χ1) is 14.9. The van der Waals surface area contributed by atoms with Gasteiger partial charge in [-0.2, -0.15) is 0 Å². The van der Waals surface area contributed by atoms with Gasteiger partial charge in [0.25, 0.3) is 5.91 Å². The van der Waals surface area contributed by atoms with Gasteiger partial charge in [-0.05, 0) is 34.9 Å². The summed E-state index contributed by atoms with van der Waals surface area (Å²) in [4.78, 5) is 28.0. The molecule has 2 unspecified atom stereocenters. The monoisotopic (exact) mass is 417 g/mol. The van der Waals surface area contributed by atoms with E-state index in [2.05, 4.69) is 16.0 Å². The van der Waals surface area contributed by atoms with Gasteiger partial charge in [0.05, 0.1) is 31.9 Å². The van der Waals surface area contributed by atoms with E-state index in [-0.39, 0.29) is 17.7 Å². The molecule has 31 heavy (non-hydrogen) atoms. The van der Waals surface area contributed by atoms with Crippen molar-refractivity contribution in [3.63, 3.8) is 0 Å². The quantitative estimate of drug-likeness (QED) is 0.812. The second-order valence-corrected chi connectivity index (χ2v) is 8.58. The molecule has 0 fully saturated rings. The van der Waals surface area contributed by atoms with Gasteiger partial charge in [-0.15, -0.1) is 0 Å².